The van der Waals surface area contributed by atoms with E-state index in [9.17, 15) is 4.39 Å². The Bertz CT molecular complexity index is 632. The Hall–Kier alpha value is -1.58. The Kier molecular flexibility index (Phi) is 4.86. The van der Waals surface area contributed by atoms with E-state index < -0.39 is 0 Å². The molecule has 0 aromatic heterocycles. The number of hydrogen-bond acceptors (Lipinski definition) is 2. The minimum atomic E-state index is -0.387. The van der Waals surface area contributed by atoms with E-state index in [1.54, 1.807) is 18.2 Å². The maximum Gasteiger partial charge on any atom is 0.165 e. The van der Waals surface area contributed by atoms with Gasteiger partial charge in [-0.25, -0.2) is 4.39 Å². The minimum Gasteiger partial charge on any atom is -0.454 e. The van der Waals surface area contributed by atoms with Crippen molar-refractivity contribution in [1.29, 1.82) is 0 Å². The summed E-state index contributed by atoms with van der Waals surface area (Å²) in [7, 11) is 0. The van der Waals surface area contributed by atoms with Gasteiger partial charge in [-0.2, -0.15) is 0 Å². The lowest BCUT2D eigenvalue weighted by Crippen LogP contribution is -2.17. The van der Waals surface area contributed by atoms with E-state index >= 15 is 0 Å². The normalized spacial score (nSPS) is 12.3. The van der Waals surface area contributed by atoms with Crippen LogP contribution < -0.4 is 10.5 Å². The van der Waals surface area contributed by atoms with Gasteiger partial charge in [0, 0.05) is 11.1 Å². The average molecular weight is 308 g/mol. The Morgan fingerprint density at radius 2 is 1.81 bits per heavy atom. The summed E-state index contributed by atoms with van der Waals surface area (Å²) in [6.07, 6.45) is 0.635. The number of ether oxygens (including phenoxy) is 1. The summed E-state index contributed by atoms with van der Waals surface area (Å²) in [5, 5.41) is 0.644. The van der Waals surface area contributed by atoms with Crippen molar-refractivity contribution in [1.82, 2.24) is 0 Å². The van der Waals surface area contributed by atoms with Crippen LogP contribution in [0.5, 0.6) is 11.5 Å². The zero-order chi connectivity index (χ0) is 15.6. The SMILES string of the molecule is Cc1cc(Cl)cc(C)c1Oc1ccc(CC(C)N)cc1F. The van der Waals surface area contributed by atoms with Gasteiger partial charge in [-0.1, -0.05) is 17.7 Å². The van der Waals surface area contributed by atoms with E-state index in [4.69, 9.17) is 22.1 Å². The number of halogens is 2. The summed E-state index contributed by atoms with van der Waals surface area (Å²) in [5.41, 5.74) is 8.33. The molecular formula is C17H19ClFNO. The summed E-state index contributed by atoms with van der Waals surface area (Å²) < 4.78 is 19.9. The van der Waals surface area contributed by atoms with E-state index in [1.165, 1.54) is 6.07 Å². The number of benzene rings is 2. The highest BCUT2D eigenvalue weighted by Gasteiger charge is 2.11. The molecular weight excluding hydrogens is 289 g/mol. The molecule has 0 aliphatic heterocycles. The van der Waals surface area contributed by atoms with Crippen molar-refractivity contribution < 1.29 is 9.13 Å². The van der Waals surface area contributed by atoms with Gasteiger partial charge >= 0.3 is 0 Å². The maximum atomic E-state index is 14.1. The quantitative estimate of drug-likeness (QED) is 0.882. The van der Waals surface area contributed by atoms with Crippen molar-refractivity contribution in [3.63, 3.8) is 0 Å². The Labute approximate surface area is 129 Å². The zero-order valence-electron chi connectivity index (χ0n) is 12.4. The van der Waals surface area contributed by atoms with Crippen LogP contribution >= 0.6 is 11.6 Å². The molecule has 2 N–H and O–H groups in total. The van der Waals surface area contributed by atoms with Crippen LogP contribution in [-0.2, 0) is 6.42 Å². The van der Waals surface area contributed by atoms with Crippen LogP contribution in [0.2, 0.25) is 5.02 Å². The second kappa shape index (κ2) is 6.46. The molecule has 2 aromatic carbocycles. The molecule has 0 saturated heterocycles. The van der Waals surface area contributed by atoms with Gasteiger partial charge in [-0.05, 0) is 68.1 Å². The van der Waals surface area contributed by atoms with Crippen molar-refractivity contribution >= 4 is 11.6 Å². The van der Waals surface area contributed by atoms with Crippen molar-refractivity contribution in [2.45, 2.75) is 33.2 Å². The number of aryl methyl sites for hydroxylation is 2. The van der Waals surface area contributed by atoms with Crippen molar-refractivity contribution in [3.05, 3.63) is 57.9 Å². The highest BCUT2D eigenvalue weighted by molar-refractivity contribution is 6.30. The lowest BCUT2D eigenvalue weighted by molar-refractivity contribution is 0.436. The first-order valence-electron chi connectivity index (χ1n) is 6.85. The summed E-state index contributed by atoms with van der Waals surface area (Å²) in [6, 6.07) is 8.54. The first-order valence-corrected chi connectivity index (χ1v) is 7.23. The number of nitrogens with two attached hydrogens (primary N) is 1. The summed E-state index contributed by atoms with van der Waals surface area (Å²) >= 11 is 5.98. The van der Waals surface area contributed by atoms with Gasteiger partial charge < -0.3 is 10.5 Å². The van der Waals surface area contributed by atoms with Crippen LogP contribution in [0.15, 0.2) is 30.3 Å². The topological polar surface area (TPSA) is 35.2 Å². The maximum absolute atomic E-state index is 14.1. The molecule has 112 valence electrons. The monoisotopic (exact) mass is 307 g/mol. The summed E-state index contributed by atoms with van der Waals surface area (Å²) in [5.74, 6) is 0.456. The molecule has 1 unspecified atom stereocenters. The van der Waals surface area contributed by atoms with E-state index in [0.29, 0.717) is 17.2 Å². The Morgan fingerprint density at radius 1 is 1.19 bits per heavy atom. The second-order valence-electron chi connectivity index (χ2n) is 5.42. The van der Waals surface area contributed by atoms with Crippen molar-refractivity contribution in [2.24, 2.45) is 5.73 Å². The molecule has 2 aromatic rings. The van der Waals surface area contributed by atoms with E-state index in [2.05, 4.69) is 0 Å². The molecule has 0 aliphatic carbocycles. The first-order chi connectivity index (χ1) is 9.86. The molecule has 0 fully saturated rings. The fourth-order valence-electron chi connectivity index (χ4n) is 2.29. The van der Waals surface area contributed by atoms with E-state index in [1.807, 2.05) is 26.8 Å². The molecule has 0 amide bonds. The highest BCUT2D eigenvalue weighted by Crippen LogP contribution is 2.32. The Balaban J connectivity index is 2.28. The van der Waals surface area contributed by atoms with Gasteiger partial charge in [-0.3, -0.25) is 0 Å². The van der Waals surface area contributed by atoms with E-state index in [0.717, 1.165) is 16.7 Å². The smallest absolute Gasteiger partial charge is 0.165 e. The van der Waals surface area contributed by atoms with Crippen LogP contribution in [0.4, 0.5) is 4.39 Å². The number of hydrogen-bond donors (Lipinski definition) is 1. The van der Waals surface area contributed by atoms with Gasteiger partial charge in [-0.15, -0.1) is 0 Å². The Morgan fingerprint density at radius 3 is 2.33 bits per heavy atom. The third-order valence-electron chi connectivity index (χ3n) is 3.19. The predicted octanol–water partition coefficient (Wildman–Crippen LogP) is 4.78. The van der Waals surface area contributed by atoms with Gasteiger partial charge in [0.05, 0.1) is 0 Å². The molecule has 1 atom stereocenters. The zero-order valence-corrected chi connectivity index (χ0v) is 13.2. The molecule has 0 spiro atoms. The number of rotatable bonds is 4. The van der Waals surface area contributed by atoms with Gasteiger partial charge in [0.15, 0.2) is 11.6 Å². The molecule has 0 aliphatic rings. The van der Waals surface area contributed by atoms with Crippen LogP contribution in [0.25, 0.3) is 0 Å². The largest absolute Gasteiger partial charge is 0.454 e. The molecule has 0 saturated carbocycles. The van der Waals surface area contributed by atoms with Crippen LogP contribution in [0.3, 0.4) is 0 Å². The fourth-order valence-corrected chi connectivity index (χ4v) is 2.62. The molecule has 0 bridgehead atoms. The minimum absolute atomic E-state index is 0.00285. The molecule has 0 heterocycles. The lowest BCUT2D eigenvalue weighted by Gasteiger charge is -2.14. The first kappa shape index (κ1) is 15.8. The molecule has 4 heteroatoms. The lowest BCUT2D eigenvalue weighted by atomic mass is 10.1. The van der Waals surface area contributed by atoms with Crippen LogP contribution in [0.1, 0.15) is 23.6 Å². The summed E-state index contributed by atoms with van der Waals surface area (Å²) in [6.45, 7) is 5.66. The molecule has 0 radical (unpaired) electrons. The van der Waals surface area contributed by atoms with Gasteiger partial charge in [0.2, 0.25) is 0 Å². The predicted molar refractivity (Wildman–Crippen MR) is 84.8 cm³/mol. The highest BCUT2D eigenvalue weighted by atomic mass is 35.5. The second-order valence-corrected chi connectivity index (χ2v) is 5.85. The van der Waals surface area contributed by atoms with Crippen molar-refractivity contribution in [3.8, 4) is 11.5 Å². The van der Waals surface area contributed by atoms with Crippen LogP contribution in [-0.4, -0.2) is 6.04 Å². The fraction of sp³-hybridized carbons (Fsp3) is 0.294. The third kappa shape index (κ3) is 3.96. The van der Waals surface area contributed by atoms with Crippen molar-refractivity contribution in [2.75, 3.05) is 0 Å². The molecule has 21 heavy (non-hydrogen) atoms. The van der Waals surface area contributed by atoms with Crippen LogP contribution in [0, 0.1) is 19.7 Å². The van der Waals surface area contributed by atoms with Gasteiger partial charge in [0.1, 0.15) is 5.75 Å². The van der Waals surface area contributed by atoms with E-state index in [-0.39, 0.29) is 17.6 Å². The van der Waals surface area contributed by atoms with Gasteiger partial charge in [0.25, 0.3) is 0 Å². The molecule has 2 nitrogen and oxygen atoms in total. The summed E-state index contributed by atoms with van der Waals surface area (Å²) in [4.78, 5) is 0. The molecule has 2 rings (SSSR count). The average Bonchev–Trinajstić information content (AvgIpc) is 2.35. The standard InChI is InChI=1S/C17H19ClFNO/c1-10-6-14(18)7-11(2)17(10)21-16-5-4-13(8-12(3)20)9-15(16)19/h4-7,9,12H,8,20H2,1-3H3. The third-order valence-corrected chi connectivity index (χ3v) is 3.41.